The third-order valence-corrected chi connectivity index (χ3v) is 2.33. The smallest absolute Gasteiger partial charge is 0.330 e. The van der Waals surface area contributed by atoms with Crippen LogP contribution in [0.5, 0.6) is 0 Å². The second-order valence-corrected chi connectivity index (χ2v) is 3.52. The minimum absolute atomic E-state index is 0.00289. The van der Waals surface area contributed by atoms with Crippen molar-refractivity contribution in [1.82, 2.24) is 9.55 Å². The molecular weight excluding hydrogens is 247 g/mol. The molecule has 0 spiro atoms. The Hall–Kier alpha value is -2.22. The van der Waals surface area contributed by atoms with E-state index in [1.165, 1.54) is 6.08 Å². The first-order valence-electron chi connectivity index (χ1n) is 5.02. The summed E-state index contributed by atoms with van der Waals surface area (Å²) in [5.41, 5.74) is -1.87. The van der Waals surface area contributed by atoms with Crippen molar-refractivity contribution < 1.29 is 18.7 Å². The van der Waals surface area contributed by atoms with E-state index in [9.17, 15) is 18.8 Å². The molecule has 8 heteroatoms. The molecule has 1 aromatic rings. The second kappa shape index (κ2) is 4.96. The number of aromatic amines is 1. The molecular formula is C10H9FN2O5. The predicted molar refractivity (Wildman–Crippen MR) is 56.3 cm³/mol. The zero-order chi connectivity index (χ0) is 13.1. The standard InChI is InChI=1S/C10H9FN2O5/c11-7-3-13(10(16)12-9(7)15)8-2-1-6(18-8)4-17-5-14/h1-3,5-6,8H,4H2,(H,12,15,16). The molecule has 0 aromatic carbocycles. The Labute approximate surface area is 99.5 Å². The molecule has 0 aliphatic carbocycles. The van der Waals surface area contributed by atoms with Crippen molar-refractivity contribution >= 4 is 6.47 Å². The monoisotopic (exact) mass is 256 g/mol. The van der Waals surface area contributed by atoms with Gasteiger partial charge in [0, 0.05) is 0 Å². The summed E-state index contributed by atoms with van der Waals surface area (Å²) in [4.78, 5) is 34.1. The van der Waals surface area contributed by atoms with Gasteiger partial charge in [-0.25, -0.2) is 4.79 Å². The summed E-state index contributed by atoms with van der Waals surface area (Å²) in [6.45, 7) is 0.271. The van der Waals surface area contributed by atoms with E-state index in [1.54, 1.807) is 6.08 Å². The van der Waals surface area contributed by atoms with Crippen LogP contribution in [0.2, 0.25) is 0 Å². The lowest BCUT2D eigenvalue weighted by Crippen LogP contribution is -2.34. The molecule has 7 nitrogen and oxygen atoms in total. The fraction of sp³-hybridized carbons (Fsp3) is 0.300. The van der Waals surface area contributed by atoms with E-state index in [4.69, 9.17) is 4.74 Å². The van der Waals surface area contributed by atoms with Gasteiger partial charge in [0.05, 0.1) is 6.20 Å². The van der Waals surface area contributed by atoms with Crippen LogP contribution in [0.15, 0.2) is 27.9 Å². The lowest BCUT2D eigenvalue weighted by atomic mass is 10.4. The number of nitrogens with zero attached hydrogens (tertiary/aromatic N) is 1. The van der Waals surface area contributed by atoms with E-state index < -0.39 is 29.4 Å². The van der Waals surface area contributed by atoms with Crippen LogP contribution < -0.4 is 11.2 Å². The Morgan fingerprint density at radius 1 is 1.50 bits per heavy atom. The fourth-order valence-corrected chi connectivity index (χ4v) is 1.53. The Bertz CT molecular complexity index is 591. The Balaban J connectivity index is 2.18. The molecule has 2 unspecified atom stereocenters. The number of nitrogens with one attached hydrogen (secondary N) is 1. The molecule has 0 amide bonds. The van der Waals surface area contributed by atoms with Crippen LogP contribution in [-0.4, -0.2) is 28.7 Å². The minimum atomic E-state index is -1.08. The molecule has 0 saturated carbocycles. The third kappa shape index (κ3) is 2.38. The van der Waals surface area contributed by atoms with E-state index in [0.29, 0.717) is 0 Å². The molecule has 0 fully saturated rings. The number of carbonyl (C=O) groups is 1. The maximum atomic E-state index is 13.1. The maximum Gasteiger partial charge on any atom is 0.330 e. The summed E-state index contributed by atoms with van der Waals surface area (Å²) >= 11 is 0. The van der Waals surface area contributed by atoms with Crippen molar-refractivity contribution in [2.45, 2.75) is 12.3 Å². The SMILES string of the molecule is O=COCC1C=CC(n2cc(F)c(=O)[nH]c2=O)O1. The zero-order valence-electron chi connectivity index (χ0n) is 9.04. The maximum absolute atomic E-state index is 13.1. The predicted octanol–water partition coefficient (Wildman–Crippen LogP) is -0.698. The Morgan fingerprint density at radius 2 is 2.28 bits per heavy atom. The summed E-state index contributed by atoms with van der Waals surface area (Å²) in [7, 11) is 0. The second-order valence-electron chi connectivity index (χ2n) is 3.52. The first-order chi connectivity index (χ1) is 8.61. The van der Waals surface area contributed by atoms with Gasteiger partial charge in [0.2, 0.25) is 5.82 Å². The van der Waals surface area contributed by atoms with E-state index in [0.717, 1.165) is 10.8 Å². The lowest BCUT2D eigenvalue weighted by Gasteiger charge is -2.15. The Morgan fingerprint density at radius 3 is 3.00 bits per heavy atom. The van der Waals surface area contributed by atoms with Crippen LogP contribution in [0.1, 0.15) is 6.23 Å². The number of hydrogen-bond donors (Lipinski definition) is 1. The molecule has 0 radical (unpaired) electrons. The van der Waals surface area contributed by atoms with Crippen LogP contribution in [0.25, 0.3) is 0 Å². The summed E-state index contributed by atoms with van der Waals surface area (Å²) < 4.78 is 23.8. The minimum Gasteiger partial charge on any atom is -0.465 e. The quantitative estimate of drug-likeness (QED) is 0.568. The van der Waals surface area contributed by atoms with Gasteiger partial charge in [0.15, 0.2) is 6.23 Å². The average Bonchev–Trinajstić information content (AvgIpc) is 2.79. The normalized spacial score (nSPS) is 22.1. The van der Waals surface area contributed by atoms with Gasteiger partial charge in [-0.3, -0.25) is 19.1 Å². The number of halogens is 1. The van der Waals surface area contributed by atoms with Crippen molar-refractivity contribution in [1.29, 1.82) is 0 Å². The van der Waals surface area contributed by atoms with Crippen molar-refractivity contribution in [2.75, 3.05) is 6.61 Å². The first-order valence-corrected chi connectivity index (χ1v) is 5.02. The average molecular weight is 256 g/mol. The first kappa shape index (κ1) is 12.2. The molecule has 2 atom stereocenters. The molecule has 1 aliphatic rings. The molecule has 1 aromatic heterocycles. The highest BCUT2D eigenvalue weighted by Crippen LogP contribution is 2.19. The van der Waals surface area contributed by atoms with Gasteiger partial charge in [-0.05, 0) is 6.08 Å². The van der Waals surface area contributed by atoms with Gasteiger partial charge < -0.3 is 9.47 Å². The van der Waals surface area contributed by atoms with Crippen LogP contribution in [0.3, 0.4) is 0 Å². The summed E-state index contributed by atoms with van der Waals surface area (Å²) in [6.07, 6.45) is 2.48. The van der Waals surface area contributed by atoms with Crippen molar-refractivity contribution in [3.63, 3.8) is 0 Å². The summed E-state index contributed by atoms with van der Waals surface area (Å²) in [5, 5.41) is 0. The van der Waals surface area contributed by atoms with E-state index in [1.807, 2.05) is 4.98 Å². The molecule has 2 heterocycles. The van der Waals surface area contributed by atoms with Gasteiger partial charge in [-0.15, -0.1) is 0 Å². The highest BCUT2D eigenvalue weighted by atomic mass is 19.1. The molecule has 18 heavy (non-hydrogen) atoms. The number of H-pyrrole nitrogens is 1. The third-order valence-electron chi connectivity index (χ3n) is 2.33. The number of carbonyl (C=O) groups excluding carboxylic acids is 1. The van der Waals surface area contributed by atoms with Crippen LogP contribution in [-0.2, 0) is 14.3 Å². The molecule has 96 valence electrons. The summed E-state index contributed by atoms with van der Waals surface area (Å²) in [5.74, 6) is -1.08. The van der Waals surface area contributed by atoms with E-state index in [-0.39, 0.29) is 13.1 Å². The van der Waals surface area contributed by atoms with Crippen LogP contribution in [0.4, 0.5) is 4.39 Å². The molecule has 2 rings (SSSR count). The molecule has 0 bridgehead atoms. The van der Waals surface area contributed by atoms with Gasteiger partial charge in [0.1, 0.15) is 12.7 Å². The van der Waals surface area contributed by atoms with Crippen LogP contribution >= 0.6 is 0 Å². The highest BCUT2D eigenvalue weighted by molar-refractivity contribution is 5.37. The van der Waals surface area contributed by atoms with Crippen molar-refractivity contribution in [2.24, 2.45) is 0 Å². The van der Waals surface area contributed by atoms with Crippen molar-refractivity contribution in [3.05, 3.63) is 45.0 Å². The largest absolute Gasteiger partial charge is 0.465 e. The van der Waals surface area contributed by atoms with Crippen molar-refractivity contribution in [3.8, 4) is 0 Å². The fourth-order valence-electron chi connectivity index (χ4n) is 1.53. The van der Waals surface area contributed by atoms with E-state index >= 15 is 0 Å². The van der Waals surface area contributed by atoms with Crippen LogP contribution in [0, 0.1) is 5.82 Å². The molecule has 1 N–H and O–H groups in total. The van der Waals surface area contributed by atoms with Gasteiger partial charge in [-0.1, -0.05) is 6.08 Å². The van der Waals surface area contributed by atoms with Gasteiger partial charge in [0.25, 0.3) is 12.0 Å². The summed E-state index contributed by atoms with van der Waals surface area (Å²) in [6, 6.07) is 0. The highest BCUT2D eigenvalue weighted by Gasteiger charge is 2.22. The number of rotatable bonds is 4. The number of aromatic nitrogens is 2. The topological polar surface area (TPSA) is 90.4 Å². The number of hydrogen-bond acceptors (Lipinski definition) is 5. The van der Waals surface area contributed by atoms with Gasteiger partial charge in [-0.2, -0.15) is 4.39 Å². The lowest BCUT2D eigenvalue weighted by molar-refractivity contribution is -0.132. The zero-order valence-corrected chi connectivity index (χ0v) is 9.04. The van der Waals surface area contributed by atoms with E-state index in [2.05, 4.69) is 4.74 Å². The number of ether oxygens (including phenoxy) is 2. The molecule has 0 saturated heterocycles. The Kier molecular flexibility index (Phi) is 3.38. The van der Waals surface area contributed by atoms with Gasteiger partial charge >= 0.3 is 5.69 Å². The molecule has 1 aliphatic heterocycles.